The summed E-state index contributed by atoms with van der Waals surface area (Å²) in [4.78, 5) is 15.6. The Labute approximate surface area is 179 Å². The molecule has 0 radical (unpaired) electrons. The first-order chi connectivity index (χ1) is 14.5. The average molecular weight is 404 g/mol. The van der Waals surface area contributed by atoms with Crippen LogP contribution in [-0.2, 0) is 9.53 Å². The van der Waals surface area contributed by atoms with Gasteiger partial charge in [-0.25, -0.2) is 0 Å². The van der Waals surface area contributed by atoms with Crippen molar-refractivity contribution in [3.8, 4) is 5.75 Å². The van der Waals surface area contributed by atoms with Gasteiger partial charge in [0.05, 0.1) is 7.11 Å². The molecule has 30 heavy (non-hydrogen) atoms. The second kappa shape index (κ2) is 10.1. The molecule has 2 atom stereocenters. The van der Waals surface area contributed by atoms with Crippen LogP contribution in [0.4, 0.5) is 0 Å². The van der Waals surface area contributed by atoms with Crippen molar-refractivity contribution in [2.45, 2.75) is 25.0 Å². The van der Waals surface area contributed by atoms with Gasteiger partial charge in [0.2, 0.25) is 0 Å². The molecule has 0 aromatic heterocycles. The third kappa shape index (κ3) is 5.08. The number of hydrogen-bond donors (Lipinski definition) is 0. The molecule has 0 bridgehead atoms. The highest BCUT2D eigenvalue weighted by Crippen LogP contribution is 2.32. The number of carbonyl (C=O) groups is 1. The molecular weight excluding hydrogens is 374 g/mol. The topological polar surface area (TPSA) is 38.8 Å². The van der Waals surface area contributed by atoms with Crippen LogP contribution in [0.1, 0.15) is 35.6 Å². The second-order valence-electron chi connectivity index (χ2n) is 7.59. The smallest absolute Gasteiger partial charge is 0.318 e. The fourth-order valence-electron chi connectivity index (χ4n) is 3.46. The van der Waals surface area contributed by atoms with Gasteiger partial charge in [0.25, 0.3) is 0 Å². The normalized spacial score (nSPS) is 13.1. The summed E-state index contributed by atoms with van der Waals surface area (Å²) in [5.74, 6) is 0.0252. The highest BCUT2D eigenvalue weighted by Gasteiger charge is 2.31. The van der Waals surface area contributed by atoms with Crippen LogP contribution in [0.15, 0.2) is 84.9 Å². The molecule has 4 nitrogen and oxygen atoms in total. The zero-order valence-electron chi connectivity index (χ0n) is 18.0. The Morgan fingerprint density at radius 1 is 0.767 bits per heavy atom. The number of esters is 1. The largest absolute Gasteiger partial charge is 0.497 e. The molecule has 0 aliphatic carbocycles. The van der Waals surface area contributed by atoms with Gasteiger partial charge in [-0.15, -0.1) is 0 Å². The molecule has 0 N–H and O–H groups in total. The van der Waals surface area contributed by atoms with Crippen molar-refractivity contribution in [2.24, 2.45) is 0 Å². The van der Waals surface area contributed by atoms with E-state index in [0.29, 0.717) is 0 Å². The number of rotatable bonds is 8. The maximum absolute atomic E-state index is 13.5. The maximum atomic E-state index is 13.5. The van der Waals surface area contributed by atoms with Crippen molar-refractivity contribution in [1.82, 2.24) is 4.90 Å². The number of hydrogen-bond acceptors (Lipinski definition) is 4. The molecule has 3 rings (SSSR count). The first kappa shape index (κ1) is 21.6. The lowest BCUT2D eigenvalue weighted by molar-refractivity contribution is -0.153. The van der Waals surface area contributed by atoms with Crippen molar-refractivity contribution >= 4 is 5.97 Å². The predicted octanol–water partition coefficient (Wildman–Crippen LogP) is 5.06. The van der Waals surface area contributed by atoms with E-state index in [1.165, 1.54) is 0 Å². The fraction of sp³-hybridized carbons (Fsp3) is 0.269. The zero-order chi connectivity index (χ0) is 21.5. The monoisotopic (exact) mass is 403 g/mol. The van der Waals surface area contributed by atoms with Gasteiger partial charge < -0.3 is 14.4 Å². The standard InChI is InChI=1S/C26H29NO3/c1-19(27(2)3)25(22-15-17-23(29-4)18-16-22)30-26(28)24(20-11-7-5-8-12-20)21-13-9-6-10-14-21/h5-19,24-25H,1-4H3. The van der Waals surface area contributed by atoms with Crippen LogP contribution in [-0.4, -0.2) is 38.1 Å². The van der Waals surface area contributed by atoms with Gasteiger partial charge in [0.1, 0.15) is 17.8 Å². The van der Waals surface area contributed by atoms with Crippen molar-refractivity contribution < 1.29 is 14.3 Å². The highest BCUT2D eigenvalue weighted by atomic mass is 16.5. The number of nitrogens with zero attached hydrogens (tertiary/aromatic N) is 1. The summed E-state index contributed by atoms with van der Waals surface area (Å²) in [7, 11) is 5.61. The van der Waals surface area contributed by atoms with Gasteiger partial charge in [-0.3, -0.25) is 4.79 Å². The van der Waals surface area contributed by atoms with Crippen LogP contribution >= 0.6 is 0 Å². The van der Waals surface area contributed by atoms with Crippen LogP contribution < -0.4 is 4.74 Å². The summed E-state index contributed by atoms with van der Waals surface area (Å²) in [6.45, 7) is 2.06. The molecule has 3 aromatic rings. The van der Waals surface area contributed by atoms with E-state index in [2.05, 4.69) is 11.8 Å². The Morgan fingerprint density at radius 2 is 1.27 bits per heavy atom. The van der Waals surface area contributed by atoms with Crippen LogP contribution in [0.25, 0.3) is 0 Å². The van der Waals surface area contributed by atoms with E-state index >= 15 is 0 Å². The molecular formula is C26H29NO3. The minimum absolute atomic E-state index is 0.00505. The van der Waals surface area contributed by atoms with Crippen LogP contribution in [0.5, 0.6) is 5.75 Å². The van der Waals surface area contributed by atoms with Crippen LogP contribution in [0, 0.1) is 0 Å². The molecule has 0 saturated carbocycles. The van der Waals surface area contributed by atoms with Crippen molar-refractivity contribution in [3.63, 3.8) is 0 Å². The van der Waals surface area contributed by atoms with Gasteiger partial charge in [-0.2, -0.15) is 0 Å². The first-order valence-corrected chi connectivity index (χ1v) is 10.1. The third-order valence-corrected chi connectivity index (χ3v) is 5.44. The van der Waals surface area contributed by atoms with E-state index in [9.17, 15) is 4.79 Å². The summed E-state index contributed by atoms with van der Waals surface area (Å²) >= 11 is 0. The number of benzene rings is 3. The Bertz CT molecular complexity index is 884. The fourth-order valence-corrected chi connectivity index (χ4v) is 3.46. The Morgan fingerprint density at radius 3 is 1.70 bits per heavy atom. The molecule has 156 valence electrons. The number of methoxy groups -OCH3 is 1. The maximum Gasteiger partial charge on any atom is 0.318 e. The number of carbonyl (C=O) groups excluding carboxylic acids is 1. The lowest BCUT2D eigenvalue weighted by atomic mass is 9.91. The molecule has 0 heterocycles. The van der Waals surface area contributed by atoms with Gasteiger partial charge in [0, 0.05) is 6.04 Å². The summed E-state index contributed by atoms with van der Waals surface area (Å²) in [6.07, 6.45) is -0.409. The molecule has 0 aliphatic rings. The number of likely N-dealkylation sites (N-methyl/N-ethyl adjacent to an activating group) is 1. The molecule has 0 saturated heterocycles. The van der Waals surface area contributed by atoms with Gasteiger partial charge >= 0.3 is 5.97 Å². The predicted molar refractivity (Wildman–Crippen MR) is 120 cm³/mol. The molecule has 0 fully saturated rings. The molecule has 4 heteroatoms. The zero-order valence-corrected chi connectivity index (χ0v) is 18.0. The minimum Gasteiger partial charge on any atom is -0.497 e. The van der Waals surface area contributed by atoms with E-state index in [0.717, 1.165) is 22.4 Å². The molecule has 2 unspecified atom stereocenters. The Hall–Kier alpha value is -3.11. The minimum atomic E-state index is -0.484. The summed E-state index contributed by atoms with van der Waals surface area (Å²) in [5, 5.41) is 0. The molecule has 3 aromatic carbocycles. The third-order valence-electron chi connectivity index (χ3n) is 5.44. The van der Waals surface area contributed by atoms with Crippen LogP contribution in [0.2, 0.25) is 0 Å². The second-order valence-corrected chi connectivity index (χ2v) is 7.59. The van der Waals surface area contributed by atoms with E-state index < -0.39 is 12.0 Å². The summed E-state index contributed by atoms with van der Waals surface area (Å²) in [5.41, 5.74) is 2.77. The van der Waals surface area contributed by atoms with Gasteiger partial charge in [0.15, 0.2) is 0 Å². The van der Waals surface area contributed by atoms with Crippen LogP contribution in [0.3, 0.4) is 0 Å². The molecule has 0 amide bonds. The van der Waals surface area contributed by atoms with Crippen molar-refractivity contribution in [2.75, 3.05) is 21.2 Å². The lowest BCUT2D eigenvalue weighted by Crippen LogP contribution is -2.35. The van der Waals surface area contributed by atoms with Gasteiger partial charge in [-0.1, -0.05) is 72.8 Å². The van der Waals surface area contributed by atoms with Gasteiger partial charge in [-0.05, 0) is 49.8 Å². The van der Waals surface area contributed by atoms with E-state index in [-0.39, 0.29) is 12.0 Å². The SMILES string of the molecule is COc1ccc(C(OC(=O)C(c2ccccc2)c2ccccc2)C(C)N(C)C)cc1. The van der Waals surface area contributed by atoms with Crippen molar-refractivity contribution in [3.05, 3.63) is 102 Å². The average Bonchev–Trinajstić information content (AvgIpc) is 2.78. The summed E-state index contributed by atoms with van der Waals surface area (Å²) < 4.78 is 11.5. The molecule has 0 spiro atoms. The Balaban J connectivity index is 1.95. The Kier molecular flexibility index (Phi) is 7.26. The lowest BCUT2D eigenvalue weighted by Gasteiger charge is -2.31. The molecule has 0 aliphatic heterocycles. The summed E-state index contributed by atoms with van der Waals surface area (Å²) in [6, 6.07) is 27.3. The quantitative estimate of drug-likeness (QED) is 0.493. The number of ether oxygens (including phenoxy) is 2. The van der Waals surface area contributed by atoms with E-state index in [4.69, 9.17) is 9.47 Å². The highest BCUT2D eigenvalue weighted by molar-refractivity contribution is 5.82. The van der Waals surface area contributed by atoms with E-state index in [1.54, 1.807) is 7.11 Å². The van der Waals surface area contributed by atoms with E-state index in [1.807, 2.05) is 99.0 Å². The van der Waals surface area contributed by atoms with Crippen molar-refractivity contribution in [1.29, 1.82) is 0 Å². The first-order valence-electron chi connectivity index (χ1n) is 10.1.